The fourth-order valence-electron chi connectivity index (χ4n) is 2.11. The summed E-state index contributed by atoms with van der Waals surface area (Å²) in [5.41, 5.74) is 3.16. The van der Waals surface area contributed by atoms with Crippen LogP contribution in [0.25, 0.3) is 0 Å². The van der Waals surface area contributed by atoms with Crippen molar-refractivity contribution in [2.75, 3.05) is 18.8 Å². The predicted molar refractivity (Wildman–Crippen MR) is 69.3 cm³/mol. The Balaban J connectivity index is 2.34. The van der Waals surface area contributed by atoms with Crippen LogP contribution in [0.3, 0.4) is 0 Å². The van der Waals surface area contributed by atoms with Gasteiger partial charge in [-0.3, -0.25) is 4.72 Å². The first-order valence-electron chi connectivity index (χ1n) is 5.82. The maximum absolute atomic E-state index is 11.8. The lowest BCUT2D eigenvalue weighted by Crippen LogP contribution is -2.29. The van der Waals surface area contributed by atoms with Crippen molar-refractivity contribution in [1.29, 1.82) is 0 Å². The summed E-state index contributed by atoms with van der Waals surface area (Å²) in [5.74, 6) is 0. The molecule has 94 valence electrons. The molecule has 0 aliphatic heterocycles. The molecule has 0 radical (unpaired) electrons. The van der Waals surface area contributed by atoms with Crippen LogP contribution in [0.5, 0.6) is 0 Å². The van der Waals surface area contributed by atoms with Crippen molar-refractivity contribution in [3.05, 3.63) is 29.3 Å². The molecule has 0 saturated heterocycles. The van der Waals surface area contributed by atoms with E-state index in [2.05, 4.69) is 10.8 Å². The molecule has 0 heterocycles. The number of hydrogen-bond acceptors (Lipinski definition) is 2. The molecule has 1 aromatic carbocycles. The van der Waals surface area contributed by atoms with Gasteiger partial charge in [0.15, 0.2) is 0 Å². The maximum atomic E-state index is 11.8. The van der Waals surface area contributed by atoms with Crippen LogP contribution in [0.1, 0.15) is 24.0 Å². The van der Waals surface area contributed by atoms with Gasteiger partial charge in [-0.1, -0.05) is 12.1 Å². The minimum absolute atomic E-state index is 0.732. The van der Waals surface area contributed by atoms with E-state index in [0.717, 1.165) is 30.5 Å². The lowest BCUT2D eigenvalue weighted by Gasteiger charge is -2.21. The maximum Gasteiger partial charge on any atom is 0.301 e. The number of benzene rings is 1. The van der Waals surface area contributed by atoms with Crippen LogP contribution in [0.4, 0.5) is 5.69 Å². The summed E-state index contributed by atoms with van der Waals surface area (Å²) in [6.45, 7) is 0. The molecule has 0 aromatic heterocycles. The number of aryl methyl sites for hydroxylation is 1. The Hall–Kier alpha value is -1.07. The number of rotatable bonds is 3. The van der Waals surface area contributed by atoms with Gasteiger partial charge in [0.25, 0.3) is 0 Å². The number of anilines is 1. The molecule has 1 aliphatic carbocycles. The Labute approximate surface area is 103 Å². The summed E-state index contributed by atoms with van der Waals surface area (Å²) in [5, 5.41) is 0. The van der Waals surface area contributed by atoms with Gasteiger partial charge in [0.05, 0.1) is 5.69 Å². The number of nitrogens with one attached hydrogen (secondary N) is 1. The third-order valence-corrected chi connectivity index (χ3v) is 4.55. The van der Waals surface area contributed by atoms with Gasteiger partial charge in [-0.15, -0.1) is 0 Å². The highest BCUT2D eigenvalue weighted by Crippen LogP contribution is 2.28. The second-order valence-corrected chi connectivity index (χ2v) is 6.42. The molecule has 0 unspecified atom stereocenters. The number of hydrogen-bond donors (Lipinski definition) is 1. The van der Waals surface area contributed by atoms with Gasteiger partial charge >= 0.3 is 10.2 Å². The fourth-order valence-corrected chi connectivity index (χ4v) is 2.76. The minimum Gasteiger partial charge on any atom is -0.271 e. The quantitative estimate of drug-likeness (QED) is 0.894. The van der Waals surface area contributed by atoms with E-state index in [0.29, 0.717) is 0 Å². The zero-order valence-corrected chi connectivity index (χ0v) is 11.0. The normalized spacial score (nSPS) is 15.7. The number of nitrogens with zero attached hydrogens (tertiary/aromatic N) is 1. The van der Waals surface area contributed by atoms with Crippen LogP contribution in [0, 0.1) is 0 Å². The molecule has 0 spiro atoms. The average molecular weight is 254 g/mol. The lowest BCUT2D eigenvalue weighted by molar-refractivity contribution is 0.526. The molecule has 4 nitrogen and oxygen atoms in total. The third-order valence-electron chi connectivity index (χ3n) is 3.12. The second-order valence-electron chi connectivity index (χ2n) is 4.54. The molecule has 17 heavy (non-hydrogen) atoms. The summed E-state index contributed by atoms with van der Waals surface area (Å²) in [6, 6.07) is 5.84. The second kappa shape index (κ2) is 4.66. The van der Waals surface area contributed by atoms with E-state index in [1.54, 1.807) is 0 Å². The highest BCUT2D eigenvalue weighted by molar-refractivity contribution is 7.90. The standard InChI is InChI=1S/C12H18N2O2S/c1-14(2)17(15,16)13-12-9-5-7-10-6-3-4-8-11(10)12/h5,7,9,13H,3-4,6,8H2,1-2H3. The van der Waals surface area contributed by atoms with Gasteiger partial charge in [-0.05, 0) is 42.9 Å². The Bertz CT molecular complexity index is 509. The van der Waals surface area contributed by atoms with Gasteiger partial charge < -0.3 is 0 Å². The first-order chi connectivity index (χ1) is 8.00. The Morgan fingerprint density at radius 1 is 1.18 bits per heavy atom. The van der Waals surface area contributed by atoms with Gasteiger partial charge in [0, 0.05) is 14.1 Å². The zero-order valence-electron chi connectivity index (χ0n) is 10.2. The van der Waals surface area contributed by atoms with E-state index >= 15 is 0 Å². The van der Waals surface area contributed by atoms with Crippen LogP contribution in [-0.2, 0) is 23.1 Å². The molecule has 0 bridgehead atoms. The SMILES string of the molecule is CN(C)S(=O)(=O)Nc1cccc2c1CCCC2. The molecule has 0 saturated carbocycles. The molecule has 5 heteroatoms. The van der Waals surface area contributed by atoms with Gasteiger partial charge in [0.2, 0.25) is 0 Å². The van der Waals surface area contributed by atoms with Crippen LogP contribution in [-0.4, -0.2) is 26.8 Å². The molecular weight excluding hydrogens is 236 g/mol. The molecule has 1 aromatic rings. The summed E-state index contributed by atoms with van der Waals surface area (Å²) < 4.78 is 27.4. The molecule has 0 atom stereocenters. The van der Waals surface area contributed by atoms with Crippen molar-refractivity contribution in [3.63, 3.8) is 0 Å². The topological polar surface area (TPSA) is 49.4 Å². The van der Waals surface area contributed by atoms with Crippen molar-refractivity contribution in [1.82, 2.24) is 4.31 Å². The van der Waals surface area contributed by atoms with Gasteiger partial charge in [-0.2, -0.15) is 12.7 Å². The van der Waals surface area contributed by atoms with E-state index in [4.69, 9.17) is 0 Å². The van der Waals surface area contributed by atoms with Gasteiger partial charge in [0.1, 0.15) is 0 Å². The summed E-state index contributed by atoms with van der Waals surface area (Å²) in [4.78, 5) is 0. The smallest absolute Gasteiger partial charge is 0.271 e. The van der Waals surface area contributed by atoms with E-state index in [9.17, 15) is 8.42 Å². The first-order valence-corrected chi connectivity index (χ1v) is 7.26. The van der Waals surface area contributed by atoms with Crippen molar-refractivity contribution in [2.24, 2.45) is 0 Å². The molecule has 0 amide bonds. The molecule has 0 fully saturated rings. The number of fused-ring (bicyclic) bond motifs is 1. The average Bonchev–Trinajstić information content (AvgIpc) is 2.29. The van der Waals surface area contributed by atoms with Crippen LogP contribution < -0.4 is 4.72 Å². The van der Waals surface area contributed by atoms with Crippen molar-refractivity contribution < 1.29 is 8.42 Å². The Morgan fingerprint density at radius 2 is 1.88 bits per heavy atom. The lowest BCUT2D eigenvalue weighted by atomic mass is 9.91. The molecule has 2 rings (SSSR count). The fraction of sp³-hybridized carbons (Fsp3) is 0.500. The largest absolute Gasteiger partial charge is 0.301 e. The summed E-state index contributed by atoms with van der Waals surface area (Å²) >= 11 is 0. The predicted octanol–water partition coefficient (Wildman–Crippen LogP) is 1.78. The van der Waals surface area contributed by atoms with E-state index in [1.165, 1.54) is 30.4 Å². The summed E-state index contributed by atoms with van der Waals surface area (Å²) in [6.07, 6.45) is 4.33. The minimum atomic E-state index is -3.40. The zero-order chi connectivity index (χ0) is 12.5. The van der Waals surface area contributed by atoms with E-state index in [1.807, 2.05) is 12.1 Å². The van der Waals surface area contributed by atoms with Gasteiger partial charge in [-0.25, -0.2) is 0 Å². The molecule has 1 aliphatic rings. The monoisotopic (exact) mass is 254 g/mol. The van der Waals surface area contributed by atoms with E-state index in [-0.39, 0.29) is 0 Å². The van der Waals surface area contributed by atoms with Crippen molar-refractivity contribution in [2.45, 2.75) is 25.7 Å². The van der Waals surface area contributed by atoms with Crippen LogP contribution in [0.2, 0.25) is 0 Å². The molecular formula is C12H18N2O2S. The molecule has 1 N–H and O–H groups in total. The van der Waals surface area contributed by atoms with Crippen molar-refractivity contribution in [3.8, 4) is 0 Å². The highest BCUT2D eigenvalue weighted by Gasteiger charge is 2.18. The first kappa shape index (κ1) is 12.4. The Kier molecular flexibility index (Phi) is 3.40. The third kappa shape index (κ3) is 2.61. The van der Waals surface area contributed by atoms with Crippen molar-refractivity contribution >= 4 is 15.9 Å². The van der Waals surface area contributed by atoms with Crippen LogP contribution in [0.15, 0.2) is 18.2 Å². The van der Waals surface area contributed by atoms with Crippen LogP contribution >= 0.6 is 0 Å². The van der Waals surface area contributed by atoms with E-state index < -0.39 is 10.2 Å². The Morgan fingerprint density at radius 3 is 2.59 bits per heavy atom. The summed E-state index contributed by atoms with van der Waals surface area (Å²) in [7, 11) is -0.350. The highest BCUT2D eigenvalue weighted by atomic mass is 32.2.